The minimum absolute atomic E-state index is 0.0172. The number of rotatable bonds is 13. The van der Waals surface area contributed by atoms with Gasteiger partial charge in [0.2, 0.25) is 15.8 Å². The molecule has 0 spiro atoms. The van der Waals surface area contributed by atoms with Crippen molar-refractivity contribution >= 4 is 21.5 Å². The van der Waals surface area contributed by atoms with Gasteiger partial charge in [-0.1, -0.05) is 48.5 Å². The Bertz CT molecular complexity index is 2140. The second-order valence-electron chi connectivity index (χ2n) is 11.3. The number of nitrogen functional groups attached to an aromatic ring is 2. The summed E-state index contributed by atoms with van der Waals surface area (Å²) < 4.78 is 47.3. The molecule has 0 atom stereocenters. The highest BCUT2D eigenvalue weighted by molar-refractivity contribution is 7.89. The molecule has 0 bridgehead atoms. The van der Waals surface area contributed by atoms with Gasteiger partial charge in [0.25, 0.3) is 0 Å². The second kappa shape index (κ2) is 14.6. The van der Waals surface area contributed by atoms with Gasteiger partial charge >= 0.3 is 0 Å². The number of nitrogens with zero attached hydrogens (tertiary/aromatic N) is 6. The first kappa shape index (κ1) is 33.9. The van der Waals surface area contributed by atoms with E-state index < -0.39 is 10.0 Å². The number of pyridine rings is 1. The molecule has 6 rings (SSSR count). The van der Waals surface area contributed by atoms with Crippen LogP contribution in [0.1, 0.15) is 16.7 Å². The Hall–Kier alpha value is -5.99. The van der Waals surface area contributed by atoms with E-state index in [9.17, 15) is 8.42 Å². The zero-order valence-electron chi connectivity index (χ0n) is 27.7. The molecular weight excluding hydrogens is 657 g/mol. The highest BCUT2D eigenvalue weighted by atomic mass is 32.2. The minimum Gasteiger partial charge on any atom is -0.497 e. The molecule has 2 aromatic heterocycles. The number of nitrogens with two attached hydrogens (primary N) is 2. The predicted molar refractivity (Wildman–Crippen MR) is 190 cm³/mol. The van der Waals surface area contributed by atoms with E-state index in [1.54, 1.807) is 69.9 Å². The van der Waals surface area contributed by atoms with Crippen molar-refractivity contribution in [2.24, 2.45) is 0 Å². The largest absolute Gasteiger partial charge is 0.497 e. The number of aromatic nitrogens is 5. The van der Waals surface area contributed by atoms with Gasteiger partial charge in [0, 0.05) is 24.8 Å². The molecule has 0 aliphatic heterocycles. The number of anilines is 2. The highest BCUT2D eigenvalue weighted by Crippen LogP contribution is 2.38. The average molecular weight is 693 g/mol. The third-order valence-electron chi connectivity index (χ3n) is 8.10. The zero-order chi connectivity index (χ0) is 35.3. The lowest BCUT2D eigenvalue weighted by Crippen LogP contribution is -2.31. The quantitative estimate of drug-likeness (QED) is 0.166. The molecule has 0 saturated carbocycles. The topological polar surface area (TPSA) is 174 Å². The summed E-state index contributed by atoms with van der Waals surface area (Å²) in [4.78, 5) is 5.62. The van der Waals surface area contributed by atoms with Gasteiger partial charge in [0.15, 0.2) is 0 Å². The van der Waals surface area contributed by atoms with Crippen molar-refractivity contribution in [3.63, 3.8) is 0 Å². The molecule has 0 aliphatic carbocycles. The Morgan fingerprint density at radius 1 is 0.740 bits per heavy atom. The van der Waals surface area contributed by atoms with Gasteiger partial charge in [-0.2, -0.15) is 9.10 Å². The van der Waals surface area contributed by atoms with E-state index in [-0.39, 0.29) is 40.9 Å². The fourth-order valence-corrected chi connectivity index (χ4v) is 7.02. The lowest BCUT2D eigenvalue weighted by molar-refractivity contribution is 0.398. The third-order valence-corrected chi connectivity index (χ3v) is 9.93. The van der Waals surface area contributed by atoms with Gasteiger partial charge in [-0.15, -0.1) is 10.2 Å². The third kappa shape index (κ3) is 7.36. The van der Waals surface area contributed by atoms with Crippen molar-refractivity contribution in [1.82, 2.24) is 29.5 Å². The smallest absolute Gasteiger partial charge is 0.244 e. The van der Waals surface area contributed by atoms with Crippen LogP contribution in [0.4, 0.5) is 11.5 Å². The van der Waals surface area contributed by atoms with Crippen LogP contribution in [-0.2, 0) is 29.7 Å². The van der Waals surface area contributed by atoms with Crippen LogP contribution in [0.5, 0.6) is 17.2 Å². The van der Waals surface area contributed by atoms with Crippen LogP contribution in [0, 0.1) is 0 Å². The predicted octanol–water partition coefficient (Wildman–Crippen LogP) is 5.03. The second-order valence-corrected chi connectivity index (χ2v) is 13.2. The summed E-state index contributed by atoms with van der Waals surface area (Å²) in [5.74, 6) is 2.31. The van der Waals surface area contributed by atoms with Crippen molar-refractivity contribution < 1.29 is 22.6 Å². The molecule has 0 aliphatic rings. The number of methoxy groups -OCH3 is 3. The minimum atomic E-state index is -4.25. The van der Waals surface area contributed by atoms with E-state index in [4.69, 9.17) is 25.7 Å². The molecule has 2 heterocycles. The molecule has 256 valence electrons. The number of ether oxygens (including phenoxy) is 3. The van der Waals surface area contributed by atoms with Crippen molar-refractivity contribution in [1.29, 1.82) is 0 Å². The first-order chi connectivity index (χ1) is 24.2. The van der Waals surface area contributed by atoms with E-state index in [1.807, 2.05) is 48.5 Å². The summed E-state index contributed by atoms with van der Waals surface area (Å²) >= 11 is 0. The fraction of sp³-hybridized carbons (Fsp3) is 0.167. The molecular formula is C36H36N8O5S. The van der Waals surface area contributed by atoms with E-state index >= 15 is 0 Å². The van der Waals surface area contributed by atoms with Gasteiger partial charge in [0.05, 0.1) is 44.0 Å². The van der Waals surface area contributed by atoms with E-state index in [0.717, 1.165) is 22.4 Å². The maximum Gasteiger partial charge on any atom is 0.244 e. The van der Waals surface area contributed by atoms with Crippen LogP contribution in [0.15, 0.2) is 108 Å². The lowest BCUT2D eigenvalue weighted by Gasteiger charge is -2.24. The van der Waals surface area contributed by atoms with Crippen LogP contribution in [0.25, 0.3) is 22.5 Å². The Kier molecular flexibility index (Phi) is 9.92. The molecule has 0 amide bonds. The van der Waals surface area contributed by atoms with Gasteiger partial charge in [-0.05, 0) is 76.0 Å². The zero-order valence-corrected chi connectivity index (χ0v) is 28.5. The maximum atomic E-state index is 15.0. The van der Waals surface area contributed by atoms with Crippen LogP contribution in [-0.4, -0.2) is 59.2 Å². The first-order valence-corrected chi connectivity index (χ1v) is 16.9. The molecule has 50 heavy (non-hydrogen) atoms. The maximum absolute atomic E-state index is 15.0. The number of tetrazole rings is 1. The Morgan fingerprint density at radius 3 is 1.80 bits per heavy atom. The van der Waals surface area contributed by atoms with Crippen LogP contribution in [0.2, 0.25) is 0 Å². The van der Waals surface area contributed by atoms with Gasteiger partial charge in [-0.25, -0.2) is 13.4 Å². The molecule has 0 fully saturated rings. The first-order valence-electron chi connectivity index (χ1n) is 15.5. The SMILES string of the molecule is COc1ccc(CN(Cc2ccc(OC)cc2)S(=O)(=O)c2cccc(-c3cnc(N)c(N)c3)c2-c2nnn(Cc3ccc(OC)cc3)n2)cc1. The Morgan fingerprint density at radius 2 is 1.28 bits per heavy atom. The van der Waals surface area contributed by atoms with Crippen molar-refractivity contribution in [2.45, 2.75) is 24.5 Å². The molecule has 6 aromatic rings. The summed E-state index contributed by atoms with van der Waals surface area (Å²) in [5.41, 5.74) is 16.0. The van der Waals surface area contributed by atoms with Gasteiger partial charge in [-0.3, -0.25) is 0 Å². The van der Waals surface area contributed by atoms with Crippen LogP contribution >= 0.6 is 0 Å². The van der Waals surface area contributed by atoms with Crippen LogP contribution < -0.4 is 25.7 Å². The standard InChI is InChI=1S/C36H36N8O5S/c1-47-28-13-7-24(8-14-28)21-43(22-25-9-15-29(48-2)16-10-25)50(45,46)33-6-4-5-31(27-19-32(37)35(38)39-20-27)34(33)36-40-42-44(41-36)23-26-11-17-30(49-3)18-12-26/h4-20H,21-23,37H2,1-3H3,(H2,38,39). The number of hydrogen-bond acceptors (Lipinski definition) is 11. The fourth-order valence-electron chi connectivity index (χ4n) is 5.40. The van der Waals surface area contributed by atoms with E-state index in [2.05, 4.69) is 20.4 Å². The highest BCUT2D eigenvalue weighted by Gasteiger charge is 2.31. The molecule has 0 radical (unpaired) electrons. The van der Waals surface area contributed by atoms with Gasteiger partial charge in [0.1, 0.15) is 23.1 Å². The molecule has 13 nitrogen and oxygen atoms in total. The number of benzene rings is 4. The molecule has 0 saturated heterocycles. The van der Waals surface area contributed by atoms with Crippen molar-refractivity contribution in [3.05, 3.63) is 120 Å². The number of hydrogen-bond donors (Lipinski definition) is 2. The summed E-state index contributed by atoms with van der Waals surface area (Å²) in [5, 5.41) is 13.3. The van der Waals surface area contributed by atoms with E-state index in [1.165, 1.54) is 15.3 Å². The van der Waals surface area contributed by atoms with Gasteiger partial charge < -0.3 is 25.7 Å². The summed E-state index contributed by atoms with van der Waals surface area (Å²) in [6.45, 7) is 0.421. The summed E-state index contributed by atoms with van der Waals surface area (Å²) in [6, 6.07) is 28.6. The number of sulfonamides is 1. The summed E-state index contributed by atoms with van der Waals surface area (Å²) in [7, 11) is 0.507. The van der Waals surface area contributed by atoms with Crippen molar-refractivity contribution in [3.8, 4) is 39.8 Å². The summed E-state index contributed by atoms with van der Waals surface area (Å²) in [6.07, 6.45) is 1.54. The molecule has 4 aromatic carbocycles. The van der Waals surface area contributed by atoms with E-state index in [0.29, 0.717) is 29.2 Å². The average Bonchev–Trinajstić information content (AvgIpc) is 3.61. The molecule has 0 unspecified atom stereocenters. The Balaban J connectivity index is 1.47. The van der Waals surface area contributed by atoms with Crippen LogP contribution in [0.3, 0.4) is 0 Å². The molecule has 4 N–H and O–H groups in total. The van der Waals surface area contributed by atoms with Crippen molar-refractivity contribution in [2.75, 3.05) is 32.8 Å². The lowest BCUT2D eigenvalue weighted by atomic mass is 10.00. The molecule has 14 heteroatoms. The Labute approximate surface area is 290 Å². The normalized spacial score (nSPS) is 11.4. The monoisotopic (exact) mass is 692 g/mol.